The third-order valence-corrected chi connectivity index (χ3v) is 5.83. The number of anilines is 1. The van der Waals surface area contributed by atoms with Crippen LogP contribution in [0, 0.1) is 0 Å². The van der Waals surface area contributed by atoms with Gasteiger partial charge in [-0.3, -0.25) is 4.79 Å². The molecule has 0 saturated carbocycles. The van der Waals surface area contributed by atoms with Crippen LogP contribution in [0.1, 0.15) is 46.6 Å². The van der Waals surface area contributed by atoms with Crippen molar-refractivity contribution < 1.29 is 9.53 Å². The van der Waals surface area contributed by atoms with Crippen molar-refractivity contribution in [3.8, 4) is 5.75 Å². The van der Waals surface area contributed by atoms with Gasteiger partial charge in [-0.25, -0.2) is 0 Å². The third-order valence-electron chi connectivity index (χ3n) is 4.43. The minimum Gasteiger partial charge on any atom is -0.496 e. The van der Waals surface area contributed by atoms with Crippen LogP contribution in [0.5, 0.6) is 5.75 Å². The molecule has 0 radical (unpaired) electrons. The first-order valence-electron chi connectivity index (χ1n) is 8.07. The summed E-state index contributed by atoms with van der Waals surface area (Å²) in [5, 5.41) is 0.497. The summed E-state index contributed by atoms with van der Waals surface area (Å²) < 4.78 is 5.39. The molecule has 0 aliphatic heterocycles. The predicted molar refractivity (Wildman–Crippen MR) is 105 cm³/mol. The molecule has 3 rings (SSSR count). The van der Waals surface area contributed by atoms with E-state index in [1.165, 1.54) is 11.3 Å². The zero-order chi connectivity index (χ0) is 18.2. The Labute approximate surface area is 151 Å². The first-order valence-corrected chi connectivity index (χ1v) is 8.89. The van der Waals surface area contributed by atoms with Gasteiger partial charge in [-0.2, -0.15) is 0 Å². The minimum atomic E-state index is -0.475. The fourth-order valence-electron chi connectivity index (χ4n) is 3.29. The van der Waals surface area contributed by atoms with E-state index in [0.29, 0.717) is 10.6 Å². The lowest BCUT2D eigenvalue weighted by Gasteiger charge is -2.29. The molecule has 25 heavy (non-hydrogen) atoms. The highest BCUT2D eigenvalue weighted by molar-refractivity contribution is 7.16. The summed E-state index contributed by atoms with van der Waals surface area (Å²) in [7, 11) is 1.66. The molecule has 5 heteroatoms. The Kier molecular flexibility index (Phi) is 4.43. The first kappa shape index (κ1) is 17.3. The average molecular weight is 354 g/mol. The third kappa shape index (κ3) is 3.20. The van der Waals surface area contributed by atoms with Crippen LogP contribution < -0.4 is 16.2 Å². The molecule has 1 aliphatic rings. The fraction of sp³-hybridized carbons (Fsp3) is 0.250. The maximum absolute atomic E-state index is 11.8. The summed E-state index contributed by atoms with van der Waals surface area (Å²) in [6.07, 6.45) is 7.00. The van der Waals surface area contributed by atoms with Gasteiger partial charge in [-0.05, 0) is 24.1 Å². The monoisotopic (exact) mass is 354 g/mol. The SMILES string of the molecule is COc1ccccc1/C=C/C1=Cc2c(sc(N)c2C(N)=O)C(C)(C)C1. The van der Waals surface area contributed by atoms with Crippen LogP contribution in [0.2, 0.25) is 0 Å². The van der Waals surface area contributed by atoms with Gasteiger partial charge in [0, 0.05) is 21.4 Å². The van der Waals surface area contributed by atoms with Crippen molar-refractivity contribution in [2.24, 2.45) is 5.73 Å². The molecule has 0 atom stereocenters. The van der Waals surface area contributed by atoms with Crippen LogP contribution in [0.15, 0.2) is 35.9 Å². The minimum absolute atomic E-state index is 0.100. The van der Waals surface area contributed by atoms with E-state index in [-0.39, 0.29) is 5.41 Å². The lowest BCUT2D eigenvalue weighted by Crippen LogP contribution is -2.22. The molecule has 4 N–H and O–H groups in total. The highest BCUT2D eigenvalue weighted by Crippen LogP contribution is 2.46. The molecule has 0 spiro atoms. The molecule has 4 nitrogen and oxygen atoms in total. The number of rotatable bonds is 4. The van der Waals surface area contributed by atoms with Gasteiger partial charge in [0.05, 0.1) is 17.7 Å². The number of allylic oxidation sites excluding steroid dienone is 2. The smallest absolute Gasteiger partial charge is 0.252 e. The average Bonchev–Trinajstić information content (AvgIpc) is 2.90. The molecule has 1 aromatic heterocycles. The number of carbonyl (C=O) groups excluding carboxylic acids is 1. The molecule has 1 amide bonds. The van der Waals surface area contributed by atoms with Gasteiger partial charge in [0.2, 0.25) is 0 Å². The lowest BCUT2D eigenvalue weighted by molar-refractivity contribution is 0.100. The number of nitrogen functional groups attached to an aromatic ring is 1. The Bertz CT molecular complexity index is 891. The van der Waals surface area contributed by atoms with E-state index in [9.17, 15) is 4.79 Å². The van der Waals surface area contributed by atoms with Crippen LogP contribution in [0.3, 0.4) is 0 Å². The van der Waals surface area contributed by atoms with Gasteiger partial charge in [0.25, 0.3) is 5.91 Å². The summed E-state index contributed by atoms with van der Waals surface area (Å²) in [6, 6.07) is 7.86. The summed E-state index contributed by atoms with van der Waals surface area (Å²) in [5.74, 6) is 0.352. The molecule has 130 valence electrons. The number of hydrogen-bond donors (Lipinski definition) is 2. The predicted octanol–water partition coefficient (Wildman–Crippen LogP) is 4.22. The van der Waals surface area contributed by atoms with Gasteiger partial charge in [0.1, 0.15) is 5.75 Å². The fourth-order valence-corrected chi connectivity index (χ4v) is 4.44. The summed E-state index contributed by atoms with van der Waals surface area (Å²) in [5.41, 5.74) is 14.9. The van der Waals surface area contributed by atoms with Gasteiger partial charge in [-0.15, -0.1) is 11.3 Å². The van der Waals surface area contributed by atoms with E-state index in [1.807, 2.05) is 36.4 Å². The zero-order valence-corrected chi connectivity index (χ0v) is 15.4. The van der Waals surface area contributed by atoms with E-state index in [1.54, 1.807) is 7.11 Å². The zero-order valence-electron chi connectivity index (χ0n) is 14.6. The molecule has 0 unspecified atom stereocenters. The summed E-state index contributed by atoms with van der Waals surface area (Å²) in [6.45, 7) is 4.33. The summed E-state index contributed by atoms with van der Waals surface area (Å²) in [4.78, 5) is 12.9. The summed E-state index contributed by atoms with van der Waals surface area (Å²) >= 11 is 1.46. The van der Waals surface area contributed by atoms with Gasteiger partial charge in [0.15, 0.2) is 0 Å². The number of carbonyl (C=O) groups is 1. The van der Waals surface area contributed by atoms with E-state index >= 15 is 0 Å². The number of primary amides is 1. The number of nitrogens with two attached hydrogens (primary N) is 2. The molecule has 0 saturated heterocycles. The molecule has 0 bridgehead atoms. The standard InChI is InChI=1S/C20H22N2O2S/c1-20(2)11-12(8-9-13-6-4-5-7-15(13)24-3)10-14-16(18(21)23)19(22)25-17(14)20/h4-10H,11,22H2,1-3H3,(H2,21,23)/b9-8+. The van der Waals surface area contributed by atoms with Crippen molar-refractivity contribution >= 4 is 34.4 Å². The number of amides is 1. The molecule has 2 aromatic rings. The molecule has 1 aliphatic carbocycles. The Hall–Kier alpha value is -2.53. The number of benzene rings is 1. The van der Waals surface area contributed by atoms with Gasteiger partial charge in [-0.1, -0.05) is 44.2 Å². The Morgan fingerprint density at radius 1 is 1.28 bits per heavy atom. The van der Waals surface area contributed by atoms with Crippen molar-refractivity contribution in [2.75, 3.05) is 12.8 Å². The molecule has 1 aromatic carbocycles. The van der Waals surface area contributed by atoms with E-state index in [2.05, 4.69) is 19.9 Å². The quantitative estimate of drug-likeness (QED) is 0.863. The Morgan fingerprint density at radius 2 is 2.00 bits per heavy atom. The highest BCUT2D eigenvalue weighted by atomic mass is 32.1. The van der Waals surface area contributed by atoms with Crippen molar-refractivity contribution in [1.29, 1.82) is 0 Å². The van der Waals surface area contributed by atoms with E-state index in [4.69, 9.17) is 16.2 Å². The topological polar surface area (TPSA) is 78.3 Å². The number of para-hydroxylation sites is 1. The van der Waals surface area contributed by atoms with Gasteiger partial charge < -0.3 is 16.2 Å². The normalized spacial score (nSPS) is 15.7. The number of fused-ring (bicyclic) bond motifs is 1. The largest absolute Gasteiger partial charge is 0.496 e. The Morgan fingerprint density at radius 3 is 2.68 bits per heavy atom. The Balaban J connectivity index is 2.04. The van der Waals surface area contributed by atoms with Crippen molar-refractivity contribution in [3.05, 3.63) is 57.5 Å². The first-order chi connectivity index (χ1) is 11.8. The molecular formula is C20H22N2O2S. The van der Waals surface area contributed by atoms with E-state index in [0.717, 1.165) is 33.7 Å². The second-order valence-electron chi connectivity index (χ2n) is 6.80. The number of thiophene rings is 1. The maximum Gasteiger partial charge on any atom is 0.252 e. The van der Waals surface area contributed by atoms with Crippen LogP contribution in [0.4, 0.5) is 5.00 Å². The number of methoxy groups -OCH3 is 1. The van der Waals surface area contributed by atoms with Crippen molar-refractivity contribution in [1.82, 2.24) is 0 Å². The number of hydrogen-bond acceptors (Lipinski definition) is 4. The van der Waals surface area contributed by atoms with Crippen LogP contribution >= 0.6 is 11.3 Å². The number of ether oxygens (including phenoxy) is 1. The van der Waals surface area contributed by atoms with Crippen LogP contribution in [0.25, 0.3) is 12.2 Å². The van der Waals surface area contributed by atoms with Crippen LogP contribution in [-0.2, 0) is 5.41 Å². The molecule has 1 heterocycles. The van der Waals surface area contributed by atoms with Crippen molar-refractivity contribution in [3.63, 3.8) is 0 Å². The molecular weight excluding hydrogens is 332 g/mol. The molecule has 0 fully saturated rings. The maximum atomic E-state index is 11.8. The lowest BCUT2D eigenvalue weighted by atomic mass is 9.77. The van der Waals surface area contributed by atoms with Gasteiger partial charge >= 0.3 is 0 Å². The second-order valence-corrected chi connectivity index (χ2v) is 7.86. The second kappa shape index (κ2) is 6.41. The van der Waals surface area contributed by atoms with E-state index < -0.39 is 5.91 Å². The van der Waals surface area contributed by atoms with Crippen LogP contribution in [-0.4, -0.2) is 13.0 Å². The highest BCUT2D eigenvalue weighted by Gasteiger charge is 2.33. The van der Waals surface area contributed by atoms with Crippen molar-refractivity contribution in [2.45, 2.75) is 25.7 Å².